The fourth-order valence-corrected chi connectivity index (χ4v) is 3.07. The van der Waals surface area contributed by atoms with Crippen LogP contribution in [0.2, 0.25) is 0 Å². The van der Waals surface area contributed by atoms with Crippen molar-refractivity contribution in [3.63, 3.8) is 0 Å². The van der Waals surface area contributed by atoms with Gasteiger partial charge in [-0.1, -0.05) is 18.2 Å². The Labute approximate surface area is 145 Å². The van der Waals surface area contributed by atoms with Gasteiger partial charge in [-0.25, -0.2) is 0 Å². The number of para-hydroxylation sites is 1. The van der Waals surface area contributed by atoms with Gasteiger partial charge in [0.1, 0.15) is 12.6 Å². The van der Waals surface area contributed by atoms with Crippen LogP contribution in [0.4, 0.5) is 24.5 Å². The van der Waals surface area contributed by atoms with E-state index in [4.69, 9.17) is 5.73 Å². The van der Waals surface area contributed by atoms with Crippen LogP contribution in [0.1, 0.15) is 11.7 Å². The van der Waals surface area contributed by atoms with Gasteiger partial charge in [-0.05, 0) is 12.1 Å². The quantitative estimate of drug-likeness (QED) is 0.831. The Balaban J connectivity index is 1.88. The molecule has 132 valence electrons. The van der Waals surface area contributed by atoms with Gasteiger partial charge in [0.05, 0.1) is 23.2 Å². The van der Waals surface area contributed by atoms with E-state index < -0.39 is 24.7 Å². The number of alkyl halides is 3. The lowest BCUT2D eigenvalue weighted by Gasteiger charge is -2.32. The van der Waals surface area contributed by atoms with Crippen LogP contribution in [0.5, 0.6) is 0 Å². The number of nitrogen functional groups attached to an aromatic ring is 1. The topological polar surface area (TPSA) is 83.9 Å². The molecule has 0 spiro atoms. The van der Waals surface area contributed by atoms with Crippen molar-refractivity contribution >= 4 is 17.3 Å². The fourth-order valence-electron chi connectivity index (χ4n) is 3.07. The summed E-state index contributed by atoms with van der Waals surface area (Å²) in [6.07, 6.45) is -1.86. The Morgan fingerprint density at radius 2 is 2.00 bits per heavy atom. The molecule has 0 aliphatic carbocycles. The average molecular weight is 359 g/mol. The molecule has 0 saturated heterocycles. The summed E-state index contributed by atoms with van der Waals surface area (Å²) in [7, 11) is 0. The number of carbonyl (C=O) groups excluding carboxylic acids is 1. The van der Waals surface area contributed by atoms with Gasteiger partial charge in [0, 0.05) is 23.0 Å². The molecule has 2 aromatic rings. The number of hydrogen-bond acceptors (Lipinski definition) is 5. The molecule has 2 aliphatic heterocycles. The lowest BCUT2D eigenvalue weighted by atomic mass is 9.95. The van der Waals surface area contributed by atoms with Crippen LogP contribution in [0.25, 0.3) is 11.1 Å². The predicted octanol–water partition coefficient (Wildman–Crippen LogP) is 3.63. The number of hydrogen-bond donors (Lipinski definition) is 1. The molecule has 0 saturated carbocycles. The van der Waals surface area contributed by atoms with E-state index >= 15 is 0 Å². The number of fused-ring (bicyclic) bond motifs is 3. The Bertz CT molecular complexity index is 967. The second kappa shape index (κ2) is 5.65. The normalized spacial score (nSPS) is 18.6. The third kappa shape index (κ3) is 2.61. The Morgan fingerprint density at radius 1 is 1.23 bits per heavy atom. The molecule has 2 N–H and O–H groups in total. The standard InChI is InChI=1S/C17H12F3N5O/c18-17(19,20)8-25-13-5-9(10-3-1-2-4-12(10)21)6-22-15(13)14-11(16(25)26)7-23-24-14/h1-7,14H,8,21H2. The first-order valence-electron chi connectivity index (χ1n) is 7.68. The first-order chi connectivity index (χ1) is 12.3. The van der Waals surface area contributed by atoms with E-state index in [1.54, 1.807) is 24.3 Å². The van der Waals surface area contributed by atoms with Crippen molar-refractivity contribution in [1.29, 1.82) is 0 Å². The van der Waals surface area contributed by atoms with Gasteiger partial charge < -0.3 is 5.73 Å². The molecule has 6 nitrogen and oxygen atoms in total. The van der Waals surface area contributed by atoms with Crippen LogP contribution in [-0.4, -0.2) is 23.6 Å². The van der Waals surface area contributed by atoms with Gasteiger partial charge in [0.2, 0.25) is 0 Å². The molecular formula is C17H12F3N5O. The third-order valence-corrected chi connectivity index (χ3v) is 4.22. The largest absolute Gasteiger partial charge is 0.406 e. The van der Waals surface area contributed by atoms with Crippen LogP contribution >= 0.6 is 0 Å². The summed E-state index contributed by atoms with van der Waals surface area (Å²) < 4.78 is 39.1. The molecular weight excluding hydrogens is 347 g/mol. The van der Waals surface area contributed by atoms with Crippen molar-refractivity contribution in [2.24, 2.45) is 10.2 Å². The maximum Gasteiger partial charge on any atom is 0.406 e. The zero-order valence-corrected chi connectivity index (χ0v) is 13.2. The van der Waals surface area contributed by atoms with Crippen molar-refractivity contribution in [3.05, 3.63) is 54.0 Å². The zero-order valence-electron chi connectivity index (χ0n) is 13.2. The highest BCUT2D eigenvalue weighted by molar-refractivity contribution is 6.10. The third-order valence-electron chi connectivity index (χ3n) is 4.22. The number of rotatable bonds is 2. The lowest BCUT2D eigenvalue weighted by molar-refractivity contribution is -0.130. The minimum atomic E-state index is -4.56. The van der Waals surface area contributed by atoms with Crippen LogP contribution in [0.15, 0.2) is 58.5 Å². The van der Waals surface area contributed by atoms with Crippen molar-refractivity contribution in [2.45, 2.75) is 12.2 Å². The number of amides is 1. The molecule has 0 radical (unpaired) electrons. The van der Waals surface area contributed by atoms with Crippen molar-refractivity contribution in [1.82, 2.24) is 4.98 Å². The van der Waals surface area contributed by atoms with E-state index in [0.717, 1.165) is 0 Å². The molecule has 26 heavy (non-hydrogen) atoms. The number of anilines is 2. The smallest absolute Gasteiger partial charge is 0.398 e. The number of aromatic nitrogens is 1. The second-order valence-electron chi connectivity index (χ2n) is 5.94. The van der Waals surface area contributed by atoms with Gasteiger partial charge in [-0.2, -0.15) is 23.4 Å². The van der Waals surface area contributed by atoms with Crippen LogP contribution in [-0.2, 0) is 4.79 Å². The summed E-state index contributed by atoms with van der Waals surface area (Å²) in [5, 5.41) is 7.59. The number of benzene rings is 1. The predicted molar refractivity (Wildman–Crippen MR) is 88.2 cm³/mol. The van der Waals surface area contributed by atoms with Crippen LogP contribution in [0, 0.1) is 0 Å². The van der Waals surface area contributed by atoms with E-state index in [1.807, 2.05) is 0 Å². The van der Waals surface area contributed by atoms with Crippen LogP contribution < -0.4 is 10.6 Å². The summed E-state index contributed by atoms with van der Waals surface area (Å²) >= 11 is 0. The molecule has 9 heteroatoms. The molecule has 4 rings (SSSR count). The summed E-state index contributed by atoms with van der Waals surface area (Å²) in [4.78, 5) is 17.5. The highest BCUT2D eigenvalue weighted by atomic mass is 19.4. The minimum Gasteiger partial charge on any atom is -0.398 e. The number of carbonyl (C=O) groups is 1. The van der Waals surface area contributed by atoms with E-state index in [-0.39, 0.29) is 17.0 Å². The van der Waals surface area contributed by atoms with Crippen molar-refractivity contribution in [2.75, 3.05) is 17.2 Å². The Morgan fingerprint density at radius 3 is 2.73 bits per heavy atom. The van der Waals surface area contributed by atoms with E-state index in [0.29, 0.717) is 21.7 Å². The summed E-state index contributed by atoms with van der Waals surface area (Å²) in [6.45, 7) is -1.42. The number of halogens is 3. The van der Waals surface area contributed by atoms with Gasteiger partial charge in [-0.15, -0.1) is 0 Å². The molecule has 1 aromatic heterocycles. The molecule has 0 bridgehead atoms. The monoisotopic (exact) mass is 359 g/mol. The minimum absolute atomic E-state index is 0.0658. The molecule has 0 fully saturated rings. The highest BCUT2D eigenvalue weighted by Gasteiger charge is 2.43. The van der Waals surface area contributed by atoms with E-state index in [9.17, 15) is 18.0 Å². The second-order valence-corrected chi connectivity index (χ2v) is 5.94. The number of nitrogens with zero attached hydrogens (tertiary/aromatic N) is 4. The molecule has 1 atom stereocenters. The van der Waals surface area contributed by atoms with Crippen LogP contribution in [0.3, 0.4) is 0 Å². The molecule has 1 unspecified atom stereocenters. The van der Waals surface area contributed by atoms with Gasteiger partial charge in [0.25, 0.3) is 5.91 Å². The SMILES string of the molecule is Nc1ccccc1-c1cnc2c(c1)N(CC(F)(F)F)C(=O)C1=CN=NC12. The van der Waals surface area contributed by atoms with Crippen molar-refractivity contribution in [3.8, 4) is 11.1 Å². The molecule has 1 aromatic carbocycles. The fraction of sp³-hybridized carbons (Fsp3) is 0.176. The molecule has 1 amide bonds. The Hall–Kier alpha value is -3.23. The van der Waals surface area contributed by atoms with Gasteiger partial charge >= 0.3 is 6.18 Å². The number of pyridine rings is 1. The van der Waals surface area contributed by atoms with Crippen molar-refractivity contribution < 1.29 is 18.0 Å². The molecule has 3 heterocycles. The summed E-state index contributed by atoms with van der Waals surface area (Å²) in [6, 6.07) is 7.64. The average Bonchev–Trinajstić information content (AvgIpc) is 3.08. The summed E-state index contributed by atoms with van der Waals surface area (Å²) in [5.41, 5.74) is 7.96. The van der Waals surface area contributed by atoms with E-state index in [2.05, 4.69) is 15.2 Å². The number of nitrogens with two attached hydrogens (primary N) is 1. The highest BCUT2D eigenvalue weighted by Crippen LogP contribution is 2.44. The maximum atomic E-state index is 13.0. The van der Waals surface area contributed by atoms with E-state index in [1.165, 1.54) is 18.5 Å². The first kappa shape index (κ1) is 16.2. The number of azo groups is 1. The maximum absolute atomic E-state index is 13.0. The molecule has 2 aliphatic rings. The summed E-state index contributed by atoms with van der Waals surface area (Å²) in [5.74, 6) is -0.773. The zero-order chi connectivity index (χ0) is 18.5. The lowest BCUT2D eigenvalue weighted by Crippen LogP contribution is -2.43. The Kier molecular flexibility index (Phi) is 3.53. The first-order valence-corrected chi connectivity index (χ1v) is 7.68. The van der Waals surface area contributed by atoms with Gasteiger partial charge in [-0.3, -0.25) is 14.7 Å². The van der Waals surface area contributed by atoms with Gasteiger partial charge in [0.15, 0.2) is 0 Å².